The molecule has 3 rings (SSSR count). The van der Waals surface area contributed by atoms with Gasteiger partial charge in [0.25, 0.3) is 5.22 Å². The number of oxime groups is 1. The van der Waals surface area contributed by atoms with Crippen molar-refractivity contribution in [2.75, 3.05) is 32.4 Å². The predicted octanol–water partition coefficient (Wildman–Crippen LogP) is 3.69. The van der Waals surface area contributed by atoms with Gasteiger partial charge in [-0.3, -0.25) is 4.79 Å². The molecule has 0 aliphatic carbocycles. The molecule has 0 spiro atoms. The number of carbonyl (C=O) groups excluding carboxylic acids is 1. The lowest BCUT2D eigenvalue weighted by atomic mass is 10.1. The van der Waals surface area contributed by atoms with Crippen LogP contribution >= 0.6 is 11.8 Å². The summed E-state index contributed by atoms with van der Waals surface area (Å²) in [4.78, 5) is 12.2. The maximum absolute atomic E-state index is 12.2. The second kappa shape index (κ2) is 10.5. The van der Waals surface area contributed by atoms with Gasteiger partial charge in [-0.1, -0.05) is 29.1 Å². The van der Waals surface area contributed by atoms with Gasteiger partial charge in [0.1, 0.15) is 0 Å². The molecule has 0 saturated carbocycles. The molecule has 32 heavy (non-hydrogen) atoms. The van der Waals surface area contributed by atoms with Gasteiger partial charge in [-0.05, 0) is 36.8 Å². The lowest BCUT2D eigenvalue weighted by Crippen LogP contribution is -2.14. The summed E-state index contributed by atoms with van der Waals surface area (Å²) in [5.74, 6) is 1.47. The number of aromatic nitrogens is 2. The number of benzene rings is 2. The number of rotatable bonds is 9. The van der Waals surface area contributed by atoms with E-state index in [0.717, 1.165) is 17.3 Å². The Morgan fingerprint density at radius 2 is 1.75 bits per heavy atom. The zero-order chi connectivity index (χ0) is 23.1. The van der Waals surface area contributed by atoms with Crippen LogP contribution in [0.1, 0.15) is 12.5 Å². The number of hydrogen-bond acceptors (Lipinski definition) is 10. The third kappa shape index (κ3) is 5.30. The first-order valence-electron chi connectivity index (χ1n) is 9.34. The summed E-state index contributed by atoms with van der Waals surface area (Å²) in [5.41, 5.74) is 2.45. The molecule has 0 bridgehead atoms. The lowest BCUT2D eigenvalue weighted by Gasteiger charge is -2.12. The number of nitrogens with zero attached hydrogens (tertiary/aromatic N) is 3. The van der Waals surface area contributed by atoms with E-state index in [2.05, 4.69) is 20.7 Å². The average molecular weight is 458 g/mol. The maximum Gasteiger partial charge on any atom is 0.277 e. The fourth-order valence-electron chi connectivity index (χ4n) is 2.77. The molecule has 0 fully saturated rings. The molecule has 0 saturated heterocycles. The molecule has 10 nitrogen and oxygen atoms in total. The first kappa shape index (κ1) is 22.9. The third-order valence-electron chi connectivity index (χ3n) is 4.38. The van der Waals surface area contributed by atoms with E-state index < -0.39 is 0 Å². The van der Waals surface area contributed by atoms with Gasteiger partial charge < -0.3 is 29.2 Å². The fraction of sp³-hybridized carbons (Fsp3) is 0.238. The SMILES string of the molecule is COc1cc(-c2nnc(SCC(=O)Nc3ccc(/C(C)=N/O)cc3)o2)cc(OC)c1OC. The van der Waals surface area contributed by atoms with Crippen LogP contribution in [-0.4, -0.2) is 54.1 Å². The largest absolute Gasteiger partial charge is 0.493 e. The van der Waals surface area contributed by atoms with Gasteiger partial charge in [0.15, 0.2) is 11.5 Å². The molecule has 11 heteroatoms. The van der Waals surface area contributed by atoms with Crippen LogP contribution in [-0.2, 0) is 4.79 Å². The van der Waals surface area contributed by atoms with E-state index in [1.54, 1.807) is 43.3 Å². The topological polar surface area (TPSA) is 128 Å². The van der Waals surface area contributed by atoms with Gasteiger partial charge in [0, 0.05) is 11.3 Å². The molecule has 0 atom stereocenters. The molecule has 3 aromatic rings. The lowest BCUT2D eigenvalue weighted by molar-refractivity contribution is -0.113. The van der Waals surface area contributed by atoms with Crippen LogP contribution in [0.5, 0.6) is 17.2 Å². The maximum atomic E-state index is 12.2. The number of ether oxygens (including phenoxy) is 3. The Labute approximate surface area is 188 Å². The van der Waals surface area contributed by atoms with Gasteiger partial charge in [-0.15, -0.1) is 10.2 Å². The van der Waals surface area contributed by atoms with Crippen LogP contribution in [0.3, 0.4) is 0 Å². The monoisotopic (exact) mass is 458 g/mol. The van der Waals surface area contributed by atoms with Crippen LogP contribution in [0, 0.1) is 0 Å². The highest BCUT2D eigenvalue weighted by Crippen LogP contribution is 2.41. The zero-order valence-corrected chi connectivity index (χ0v) is 18.7. The van der Waals surface area contributed by atoms with Crippen molar-refractivity contribution in [3.05, 3.63) is 42.0 Å². The van der Waals surface area contributed by atoms with Gasteiger partial charge in [-0.25, -0.2) is 0 Å². The van der Waals surface area contributed by atoms with Crippen LogP contribution < -0.4 is 19.5 Å². The Hall–Kier alpha value is -3.73. The van der Waals surface area contributed by atoms with Crippen LogP contribution in [0.15, 0.2) is 51.2 Å². The van der Waals surface area contributed by atoms with Crippen molar-refractivity contribution in [3.8, 4) is 28.7 Å². The first-order valence-corrected chi connectivity index (χ1v) is 10.3. The van der Waals surface area contributed by atoms with Gasteiger partial charge in [0.05, 0.1) is 32.8 Å². The molecular weight excluding hydrogens is 436 g/mol. The summed E-state index contributed by atoms with van der Waals surface area (Å²) >= 11 is 1.11. The van der Waals surface area contributed by atoms with Crippen LogP contribution in [0.4, 0.5) is 5.69 Å². The Kier molecular flexibility index (Phi) is 7.55. The van der Waals surface area contributed by atoms with E-state index in [1.165, 1.54) is 21.3 Å². The first-order chi connectivity index (χ1) is 15.5. The normalized spacial score (nSPS) is 11.2. The Bertz CT molecular complexity index is 1090. The number of thioether (sulfide) groups is 1. The van der Waals surface area contributed by atoms with Crippen molar-refractivity contribution >= 4 is 29.1 Å². The van der Waals surface area contributed by atoms with Crippen molar-refractivity contribution in [1.82, 2.24) is 10.2 Å². The summed E-state index contributed by atoms with van der Waals surface area (Å²) in [6, 6.07) is 10.3. The molecule has 1 heterocycles. The third-order valence-corrected chi connectivity index (χ3v) is 5.20. The molecule has 0 radical (unpaired) electrons. The van der Waals surface area contributed by atoms with E-state index in [9.17, 15) is 4.79 Å². The van der Waals surface area contributed by atoms with Crippen LogP contribution in [0.25, 0.3) is 11.5 Å². The highest BCUT2D eigenvalue weighted by molar-refractivity contribution is 7.99. The van der Waals surface area contributed by atoms with Crippen LogP contribution in [0.2, 0.25) is 0 Å². The average Bonchev–Trinajstić information content (AvgIpc) is 3.30. The minimum atomic E-state index is -0.233. The van der Waals surface area contributed by atoms with Crippen molar-refractivity contribution in [3.63, 3.8) is 0 Å². The Balaban J connectivity index is 1.64. The predicted molar refractivity (Wildman–Crippen MR) is 119 cm³/mol. The second-order valence-corrected chi connectivity index (χ2v) is 7.31. The molecule has 2 N–H and O–H groups in total. The highest BCUT2D eigenvalue weighted by atomic mass is 32.2. The Morgan fingerprint density at radius 3 is 2.31 bits per heavy atom. The highest BCUT2D eigenvalue weighted by Gasteiger charge is 2.18. The molecule has 0 aliphatic heterocycles. The fourth-order valence-corrected chi connectivity index (χ4v) is 3.33. The molecule has 168 valence electrons. The molecule has 1 aromatic heterocycles. The van der Waals surface area contributed by atoms with Crippen molar-refractivity contribution in [2.45, 2.75) is 12.1 Å². The smallest absolute Gasteiger partial charge is 0.277 e. The summed E-state index contributed by atoms with van der Waals surface area (Å²) in [6.45, 7) is 1.68. The molecular formula is C21H22N4O6S. The quantitative estimate of drug-likeness (QED) is 0.213. The van der Waals surface area contributed by atoms with E-state index in [-0.39, 0.29) is 22.8 Å². The number of carbonyl (C=O) groups is 1. The summed E-state index contributed by atoms with van der Waals surface area (Å²) in [7, 11) is 4.55. The van der Waals surface area contributed by atoms with E-state index in [0.29, 0.717) is 34.2 Å². The number of nitrogens with one attached hydrogen (secondary N) is 1. The molecule has 0 aliphatic rings. The number of anilines is 1. The molecule has 1 amide bonds. The van der Waals surface area contributed by atoms with E-state index in [1.807, 2.05) is 0 Å². The van der Waals surface area contributed by atoms with Gasteiger partial charge >= 0.3 is 0 Å². The number of amides is 1. The zero-order valence-electron chi connectivity index (χ0n) is 17.9. The summed E-state index contributed by atoms with van der Waals surface area (Å²) in [6.07, 6.45) is 0. The second-order valence-electron chi connectivity index (χ2n) is 6.39. The number of methoxy groups -OCH3 is 3. The van der Waals surface area contributed by atoms with Gasteiger partial charge in [0.2, 0.25) is 17.5 Å². The Morgan fingerprint density at radius 1 is 1.09 bits per heavy atom. The summed E-state index contributed by atoms with van der Waals surface area (Å²) < 4.78 is 21.7. The van der Waals surface area contributed by atoms with Crippen molar-refractivity contribution in [2.24, 2.45) is 5.16 Å². The van der Waals surface area contributed by atoms with E-state index in [4.69, 9.17) is 23.8 Å². The molecule has 0 unspecified atom stereocenters. The van der Waals surface area contributed by atoms with Crippen molar-refractivity contribution in [1.29, 1.82) is 0 Å². The van der Waals surface area contributed by atoms with Gasteiger partial charge in [-0.2, -0.15) is 0 Å². The standard InChI is InChI=1S/C21H22N4O6S/c1-12(25-27)13-5-7-15(8-6-13)22-18(26)11-32-21-24-23-20(31-21)14-9-16(28-2)19(30-4)17(10-14)29-3/h5-10,27H,11H2,1-4H3,(H,22,26)/b25-12+. The molecule has 2 aromatic carbocycles. The number of hydrogen-bond donors (Lipinski definition) is 2. The minimum Gasteiger partial charge on any atom is -0.493 e. The van der Waals surface area contributed by atoms with E-state index >= 15 is 0 Å². The minimum absolute atomic E-state index is 0.0791. The summed E-state index contributed by atoms with van der Waals surface area (Å²) in [5, 5.41) is 23.0. The van der Waals surface area contributed by atoms with Crippen molar-refractivity contribution < 1.29 is 28.6 Å².